The predicted octanol–water partition coefficient (Wildman–Crippen LogP) is 6.71. The molecule has 0 bridgehead atoms. The smallest absolute Gasteiger partial charge is 0.193 e. The highest BCUT2D eigenvalue weighted by Crippen LogP contribution is 2.69. The summed E-state index contributed by atoms with van der Waals surface area (Å²) in [5.74, 6) is 0.728. The van der Waals surface area contributed by atoms with E-state index >= 15 is 0 Å². The Kier molecular flexibility index (Phi) is 5.85. The lowest BCUT2D eigenvalue weighted by molar-refractivity contribution is -0.139. The first-order valence-electron chi connectivity index (χ1n) is 12.1. The first-order valence-corrected chi connectivity index (χ1v) is 15.0. The molecular formula is C26H48O3Si. The summed E-state index contributed by atoms with van der Waals surface area (Å²) >= 11 is 0. The third-order valence-corrected chi connectivity index (χ3v) is 14.4. The minimum atomic E-state index is -1.90. The number of rotatable bonds is 6. The monoisotopic (exact) mass is 436 g/mol. The number of fused-ring (bicyclic) bond motifs is 2. The van der Waals surface area contributed by atoms with Gasteiger partial charge >= 0.3 is 0 Å². The van der Waals surface area contributed by atoms with E-state index in [1.165, 1.54) is 19.3 Å². The Balaban J connectivity index is 1.85. The quantitative estimate of drug-likeness (QED) is 0.286. The molecule has 2 aliphatic carbocycles. The molecule has 30 heavy (non-hydrogen) atoms. The van der Waals surface area contributed by atoms with E-state index in [0.29, 0.717) is 11.8 Å². The van der Waals surface area contributed by atoms with Crippen molar-refractivity contribution in [3.8, 4) is 0 Å². The molecule has 1 N–H and O–H groups in total. The summed E-state index contributed by atoms with van der Waals surface area (Å²) in [4.78, 5) is 0. The Morgan fingerprint density at radius 2 is 1.73 bits per heavy atom. The van der Waals surface area contributed by atoms with E-state index in [0.717, 1.165) is 12.8 Å². The standard InChI is InChI=1S/C26H48O3Si/c1-12-24(7,29-30(10,11)22(2,3)4)17-14-18-25(8)16-13-15-23(5,6)20(25)19(27)21-26(18,9)28-21/h12,18-21,27H,1,13-17H2,2-11H3/t18-,19+,20?,21+,24-,25-,26-/m1/s1. The SMILES string of the molecule is C=C[C@](C)(CC[C@H]1[C@@]2(C)O[C@H]2[C@@H](O)C2C(C)(C)CCC[C@@]21C)O[Si](C)(C)C(C)(C)C. The van der Waals surface area contributed by atoms with Gasteiger partial charge in [0.05, 0.1) is 17.3 Å². The topological polar surface area (TPSA) is 42.0 Å². The molecule has 3 nitrogen and oxygen atoms in total. The van der Waals surface area contributed by atoms with Gasteiger partial charge in [0.25, 0.3) is 0 Å². The van der Waals surface area contributed by atoms with Gasteiger partial charge in [-0.25, -0.2) is 0 Å². The number of ether oxygens (including phenoxy) is 1. The van der Waals surface area contributed by atoms with Gasteiger partial charge in [-0.05, 0) is 80.3 Å². The molecular weight excluding hydrogens is 388 g/mol. The second-order valence-corrected chi connectivity index (χ2v) is 18.2. The summed E-state index contributed by atoms with van der Waals surface area (Å²) in [5, 5.41) is 11.4. The summed E-state index contributed by atoms with van der Waals surface area (Å²) in [5.41, 5.74) is -0.272. The number of hydrogen-bond acceptors (Lipinski definition) is 3. The first kappa shape index (κ1) is 24.5. The van der Waals surface area contributed by atoms with Crippen LogP contribution in [0.1, 0.15) is 87.5 Å². The average Bonchev–Trinajstić information content (AvgIpc) is 3.25. The first-order chi connectivity index (χ1) is 13.4. The minimum Gasteiger partial charge on any atom is -0.408 e. The van der Waals surface area contributed by atoms with Crippen LogP contribution < -0.4 is 0 Å². The van der Waals surface area contributed by atoms with E-state index in [9.17, 15) is 5.11 Å². The van der Waals surface area contributed by atoms with Crippen LogP contribution in [0.3, 0.4) is 0 Å². The minimum absolute atomic E-state index is 0.00533. The number of hydrogen-bond donors (Lipinski definition) is 1. The van der Waals surface area contributed by atoms with Gasteiger partial charge < -0.3 is 14.3 Å². The summed E-state index contributed by atoms with van der Waals surface area (Å²) in [6.45, 7) is 27.3. The fourth-order valence-corrected chi connectivity index (χ4v) is 8.77. The van der Waals surface area contributed by atoms with E-state index in [4.69, 9.17) is 9.16 Å². The summed E-state index contributed by atoms with van der Waals surface area (Å²) in [6.07, 6.45) is 7.31. The van der Waals surface area contributed by atoms with Crippen LogP contribution in [0.5, 0.6) is 0 Å². The zero-order chi connectivity index (χ0) is 23.0. The van der Waals surface area contributed by atoms with Crippen molar-refractivity contribution in [3.05, 3.63) is 12.7 Å². The molecule has 0 amide bonds. The van der Waals surface area contributed by atoms with Gasteiger partial charge in [0, 0.05) is 0 Å². The molecule has 0 spiro atoms. The Morgan fingerprint density at radius 3 is 2.27 bits per heavy atom. The van der Waals surface area contributed by atoms with Gasteiger partial charge in [-0.2, -0.15) is 0 Å². The Labute approximate surface area is 187 Å². The molecule has 1 heterocycles. The summed E-state index contributed by atoms with van der Waals surface area (Å²) in [6, 6.07) is 0. The van der Waals surface area contributed by atoms with Gasteiger partial charge in [-0.15, -0.1) is 6.58 Å². The van der Waals surface area contributed by atoms with Crippen molar-refractivity contribution in [1.82, 2.24) is 0 Å². The normalized spacial score (nSPS) is 42.6. The van der Waals surface area contributed by atoms with E-state index in [1.54, 1.807) is 0 Å². The van der Waals surface area contributed by atoms with Gasteiger partial charge in [0.15, 0.2) is 8.32 Å². The second kappa shape index (κ2) is 7.17. The summed E-state index contributed by atoms with van der Waals surface area (Å²) < 4.78 is 13.2. The lowest BCUT2D eigenvalue weighted by Gasteiger charge is -2.59. The van der Waals surface area contributed by atoms with Crippen molar-refractivity contribution in [2.45, 2.75) is 129 Å². The van der Waals surface area contributed by atoms with Crippen LogP contribution in [0.4, 0.5) is 0 Å². The van der Waals surface area contributed by atoms with Crippen LogP contribution in [0, 0.1) is 22.7 Å². The Hall–Kier alpha value is -0.163. The Morgan fingerprint density at radius 1 is 1.13 bits per heavy atom. The van der Waals surface area contributed by atoms with Gasteiger partial charge in [-0.3, -0.25) is 0 Å². The van der Waals surface area contributed by atoms with Crippen LogP contribution in [-0.4, -0.2) is 36.8 Å². The number of aliphatic hydroxyl groups is 1. The second-order valence-electron chi connectivity index (χ2n) is 13.5. The molecule has 1 saturated heterocycles. The zero-order valence-electron chi connectivity index (χ0n) is 21.4. The van der Waals surface area contributed by atoms with Crippen molar-refractivity contribution >= 4 is 8.32 Å². The lowest BCUT2D eigenvalue weighted by Crippen LogP contribution is -2.60. The van der Waals surface area contributed by atoms with Crippen molar-refractivity contribution in [1.29, 1.82) is 0 Å². The molecule has 1 aliphatic heterocycles. The van der Waals surface area contributed by atoms with Crippen molar-refractivity contribution < 1.29 is 14.3 Å². The maximum absolute atomic E-state index is 11.3. The van der Waals surface area contributed by atoms with E-state index in [-0.39, 0.29) is 39.3 Å². The lowest BCUT2D eigenvalue weighted by atomic mass is 9.45. The third kappa shape index (κ3) is 3.78. The van der Waals surface area contributed by atoms with Crippen LogP contribution >= 0.6 is 0 Å². The van der Waals surface area contributed by atoms with E-state index in [1.807, 2.05) is 6.08 Å². The molecule has 3 rings (SSSR count). The summed E-state index contributed by atoms with van der Waals surface area (Å²) in [7, 11) is -1.90. The fraction of sp³-hybridized carbons (Fsp3) is 0.923. The highest BCUT2D eigenvalue weighted by molar-refractivity contribution is 6.74. The average molecular weight is 437 g/mol. The van der Waals surface area contributed by atoms with Gasteiger partial charge in [0.1, 0.15) is 6.10 Å². The van der Waals surface area contributed by atoms with Gasteiger partial charge in [0.2, 0.25) is 0 Å². The maximum atomic E-state index is 11.3. The molecule has 0 aromatic carbocycles. The largest absolute Gasteiger partial charge is 0.408 e. The van der Waals surface area contributed by atoms with Crippen LogP contribution in [-0.2, 0) is 9.16 Å². The predicted molar refractivity (Wildman–Crippen MR) is 128 cm³/mol. The fourth-order valence-electron chi connectivity index (χ4n) is 7.11. The highest BCUT2D eigenvalue weighted by atomic mass is 28.4. The van der Waals surface area contributed by atoms with Crippen molar-refractivity contribution in [2.24, 2.45) is 22.7 Å². The van der Waals surface area contributed by atoms with Crippen molar-refractivity contribution in [3.63, 3.8) is 0 Å². The van der Waals surface area contributed by atoms with E-state index in [2.05, 4.69) is 75.1 Å². The van der Waals surface area contributed by atoms with Gasteiger partial charge in [-0.1, -0.05) is 54.0 Å². The molecule has 3 fully saturated rings. The molecule has 0 radical (unpaired) electrons. The molecule has 4 heteroatoms. The maximum Gasteiger partial charge on any atom is 0.193 e. The molecule has 7 atom stereocenters. The highest BCUT2D eigenvalue weighted by Gasteiger charge is 2.73. The zero-order valence-corrected chi connectivity index (χ0v) is 22.4. The molecule has 1 unspecified atom stereocenters. The molecule has 0 aromatic heterocycles. The molecule has 174 valence electrons. The third-order valence-electron chi connectivity index (χ3n) is 9.77. The van der Waals surface area contributed by atoms with E-state index < -0.39 is 8.32 Å². The molecule has 0 aromatic rings. The van der Waals surface area contributed by atoms with Crippen LogP contribution in [0.25, 0.3) is 0 Å². The van der Waals surface area contributed by atoms with Crippen molar-refractivity contribution in [2.75, 3.05) is 0 Å². The molecule has 2 saturated carbocycles. The van der Waals surface area contributed by atoms with Crippen LogP contribution in [0.2, 0.25) is 18.1 Å². The molecule has 3 aliphatic rings. The number of epoxide rings is 1. The van der Waals surface area contributed by atoms with Crippen LogP contribution in [0.15, 0.2) is 12.7 Å². The number of aliphatic hydroxyl groups excluding tert-OH is 1. The Bertz CT molecular complexity index is 680.